The van der Waals surface area contributed by atoms with Crippen LogP contribution in [0, 0.1) is 0 Å². The lowest BCUT2D eigenvalue weighted by Gasteiger charge is -1.91. The molecule has 0 fully saturated rings. The molecule has 3 rings (SSSR count). The van der Waals surface area contributed by atoms with Crippen LogP contribution in [0.2, 0.25) is 0 Å². The van der Waals surface area contributed by atoms with Gasteiger partial charge in [-0.15, -0.1) is 11.3 Å². The Kier molecular flexibility index (Phi) is 2.45. The van der Waals surface area contributed by atoms with E-state index in [0.717, 1.165) is 20.9 Å². The lowest BCUT2D eigenvalue weighted by atomic mass is 10.4. The number of pyridine rings is 1. The van der Waals surface area contributed by atoms with E-state index in [1.54, 1.807) is 29.9 Å². The fourth-order valence-electron chi connectivity index (χ4n) is 1.57. The quantitative estimate of drug-likeness (QED) is 0.693. The SMILES string of the molecule is Cn1nccc1C=Cc1nc2cnccc2s1. The zero-order chi connectivity index (χ0) is 11.7. The highest BCUT2D eigenvalue weighted by atomic mass is 32.1. The van der Waals surface area contributed by atoms with Crippen molar-refractivity contribution in [2.45, 2.75) is 0 Å². The summed E-state index contributed by atoms with van der Waals surface area (Å²) in [5, 5.41) is 5.09. The van der Waals surface area contributed by atoms with Gasteiger partial charge in [0, 0.05) is 19.4 Å². The van der Waals surface area contributed by atoms with E-state index >= 15 is 0 Å². The van der Waals surface area contributed by atoms with Gasteiger partial charge in [0.05, 0.1) is 16.6 Å². The summed E-state index contributed by atoms with van der Waals surface area (Å²) in [4.78, 5) is 8.54. The minimum absolute atomic E-state index is 0.946. The van der Waals surface area contributed by atoms with E-state index in [9.17, 15) is 0 Å². The molecule has 0 N–H and O–H groups in total. The summed E-state index contributed by atoms with van der Waals surface area (Å²) in [5.74, 6) is 0. The molecule has 0 atom stereocenters. The van der Waals surface area contributed by atoms with Crippen LogP contribution in [0.1, 0.15) is 10.7 Å². The summed E-state index contributed by atoms with van der Waals surface area (Å²) < 4.78 is 2.98. The standard InChI is InChI=1S/C12H10N4S/c1-16-9(4-7-14-16)2-3-12-15-10-8-13-6-5-11(10)17-12/h2-8H,1H3. The Morgan fingerprint density at radius 1 is 1.24 bits per heavy atom. The first-order valence-corrected chi connectivity index (χ1v) is 6.01. The minimum Gasteiger partial charge on any atom is -0.269 e. The van der Waals surface area contributed by atoms with E-state index in [0.29, 0.717) is 0 Å². The first kappa shape index (κ1) is 10.2. The van der Waals surface area contributed by atoms with Crippen LogP contribution in [-0.2, 0) is 7.05 Å². The largest absolute Gasteiger partial charge is 0.269 e. The molecule has 84 valence electrons. The molecule has 0 radical (unpaired) electrons. The third kappa shape index (κ3) is 1.97. The predicted octanol–water partition coefficient (Wildman–Crippen LogP) is 2.60. The highest BCUT2D eigenvalue weighted by Gasteiger charge is 2.00. The molecular formula is C12H10N4S. The maximum absolute atomic E-state index is 4.48. The molecule has 0 aromatic carbocycles. The molecule has 0 saturated carbocycles. The lowest BCUT2D eigenvalue weighted by molar-refractivity contribution is 0.760. The van der Waals surface area contributed by atoms with Crippen molar-refractivity contribution in [2.24, 2.45) is 7.05 Å². The van der Waals surface area contributed by atoms with E-state index < -0.39 is 0 Å². The molecule has 4 nitrogen and oxygen atoms in total. The van der Waals surface area contributed by atoms with Crippen LogP contribution in [-0.4, -0.2) is 19.7 Å². The summed E-state index contributed by atoms with van der Waals surface area (Å²) in [6, 6.07) is 3.94. The first-order chi connectivity index (χ1) is 8.33. The third-order valence-corrected chi connectivity index (χ3v) is 3.46. The first-order valence-electron chi connectivity index (χ1n) is 5.19. The molecule has 3 aromatic rings. The van der Waals surface area contributed by atoms with Crippen molar-refractivity contribution in [3.63, 3.8) is 0 Å². The summed E-state index contributed by atoms with van der Waals surface area (Å²) >= 11 is 1.66. The van der Waals surface area contributed by atoms with E-state index in [4.69, 9.17) is 0 Å². The van der Waals surface area contributed by atoms with E-state index in [-0.39, 0.29) is 0 Å². The molecule has 17 heavy (non-hydrogen) atoms. The van der Waals surface area contributed by atoms with E-state index in [1.165, 1.54) is 0 Å². The van der Waals surface area contributed by atoms with Crippen molar-refractivity contribution in [3.05, 3.63) is 41.4 Å². The lowest BCUT2D eigenvalue weighted by Crippen LogP contribution is -1.91. The molecule has 3 heterocycles. The Balaban J connectivity index is 1.95. The maximum Gasteiger partial charge on any atom is 0.117 e. The van der Waals surface area contributed by atoms with Gasteiger partial charge in [0.25, 0.3) is 0 Å². The van der Waals surface area contributed by atoms with Gasteiger partial charge in [0.1, 0.15) is 10.5 Å². The number of aryl methyl sites for hydroxylation is 1. The van der Waals surface area contributed by atoms with Crippen LogP contribution in [0.15, 0.2) is 30.7 Å². The maximum atomic E-state index is 4.48. The van der Waals surface area contributed by atoms with Crippen LogP contribution in [0.4, 0.5) is 0 Å². The summed E-state index contributed by atoms with van der Waals surface area (Å²) in [6.07, 6.45) is 9.37. The topological polar surface area (TPSA) is 43.6 Å². The number of fused-ring (bicyclic) bond motifs is 1. The average molecular weight is 242 g/mol. The van der Waals surface area contributed by atoms with Gasteiger partial charge in [-0.3, -0.25) is 9.67 Å². The Bertz CT molecular complexity index is 647. The van der Waals surface area contributed by atoms with Crippen LogP contribution in [0.3, 0.4) is 0 Å². The van der Waals surface area contributed by atoms with Crippen LogP contribution >= 0.6 is 11.3 Å². The molecular weight excluding hydrogens is 232 g/mol. The Hall–Kier alpha value is -2.01. The number of rotatable bonds is 2. The van der Waals surface area contributed by atoms with Gasteiger partial charge < -0.3 is 0 Å². The van der Waals surface area contributed by atoms with Gasteiger partial charge >= 0.3 is 0 Å². The normalized spacial score (nSPS) is 11.6. The second-order valence-corrected chi connectivity index (χ2v) is 4.67. The van der Waals surface area contributed by atoms with Gasteiger partial charge in [-0.05, 0) is 24.3 Å². The minimum atomic E-state index is 0.946. The smallest absolute Gasteiger partial charge is 0.117 e. The van der Waals surface area contributed by atoms with Crippen molar-refractivity contribution in [2.75, 3.05) is 0 Å². The summed E-state index contributed by atoms with van der Waals surface area (Å²) in [6.45, 7) is 0. The highest BCUT2D eigenvalue weighted by molar-refractivity contribution is 7.19. The van der Waals surface area contributed by atoms with Crippen molar-refractivity contribution in [3.8, 4) is 0 Å². The molecule has 0 saturated heterocycles. The van der Waals surface area contributed by atoms with Crippen LogP contribution < -0.4 is 0 Å². The number of nitrogens with zero attached hydrogens (tertiary/aromatic N) is 4. The Morgan fingerprint density at radius 2 is 2.18 bits per heavy atom. The third-order valence-electron chi connectivity index (χ3n) is 2.46. The van der Waals surface area contributed by atoms with Gasteiger partial charge in [-0.2, -0.15) is 5.10 Å². The second-order valence-electron chi connectivity index (χ2n) is 3.61. The van der Waals surface area contributed by atoms with Gasteiger partial charge in [-0.25, -0.2) is 4.98 Å². The van der Waals surface area contributed by atoms with Crippen molar-refractivity contribution >= 4 is 33.7 Å². The predicted molar refractivity (Wildman–Crippen MR) is 69.6 cm³/mol. The molecule has 0 aliphatic rings. The van der Waals surface area contributed by atoms with E-state index in [1.807, 2.05) is 36.0 Å². The zero-order valence-electron chi connectivity index (χ0n) is 9.24. The van der Waals surface area contributed by atoms with Crippen molar-refractivity contribution in [1.82, 2.24) is 19.7 Å². The number of hydrogen-bond donors (Lipinski definition) is 0. The van der Waals surface area contributed by atoms with E-state index in [2.05, 4.69) is 15.1 Å². The Labute approximate surface area is 102 Å². The molecule has 3 aromatic heterocycles. The second kappa shape index (κ2) is 4.10. The monoisotopic (exact) mass is 242 g/mol. The summed E-state index contributed by atoms with van der Waals surface area (Å²) in [7, 11) is 1.92. The van der Waals surface area contributed by atoms with Crippen LogP contribution in [0.5, 0.6) is 0 Å². The highest BCUT2D eigenvalue weighted by Crippen LogP contribution is 2.22. The molecule has 0 spiro atoms. The molecule has 0 amide bonds. The average Bonchev–Trinajstić information content (AvgIpc) is 2.92. The molecule has 0 bridgehead atoms. The number of thiazole rings is 1. The molecule has 0 unspecified atom stereocenters. The fourth-order valence-corrected chi connectivity index (χ4v) is 2.41. The molecule has 5 heteroatoms. The van der Waals surface area contributed by atoms with Crippen LogP contribution in [0.25, 0.3) is 22.4 Å². The summed E-state index contributed by atoms with van der Waals surface area (Å²) in [5.41, 5.74) is 2.00. The Morgan fingerprint density at radius 3 is 2.94 bits per heavy atom. The molecule has 0 aliphatic heterocycles. The van der Waals surface area contributed by atoms with Crippen molar-refractivity contribution in [1.29, 1.82) is 0 Å². The van der Waals surface area contributed by atoms with Gasteiger partial charge in [-0.1, -0.05) is 0 Å². The molecule has 0 aliphatic carbocycles. The van der Waals surface area contributed by atoms with Crippen molar-refractivity contribution < 1.29 is 0 Å². The fraction of sp³-hybridized carbons (Fsp3) is 0.0833. The van der Waals surface area contributed by atoms with Gasteiger partial charge in [0.15, 0.2) is 0 Å². The number of aromatic nitrogens is 4. The number of hydrogen-bond acceptors (Lipinski definition) is 4. The zero-order valence-corrected chi connectivity index (χ0v) is 10.1. The van der Waals surface area contributed by atoms with Gasteiger partial charge in [0.2, 0.25) is 0 Å².